The van der Waals surface area contributed by atoms with Crippen LogP contribution in [0.4, 0.5) is 5.69 Å². The van der Waals surface area contributed by atoms with Gasteiger partial charge in [-0.15, -0.1) is 11.3 Å². The lowest BCUT2D eigenvalue weighted by Crippen LogP contribution is -2.11. The normalized spacial score (nSPS) is 11.5. The van der Waals surface area contributed by atoms with Gasteiger partial charge in [0.2, 0.25) is 0 Å². The van der Waals surface area contributed by atoms with Crippen LogP contribution >= 0.6 is 35.3 Å². The third-order valence-corrected chi connectivity index (χ3v) is 5.83. The van der Waals surface area contributed by atoms with E-state index in [9.17, 15) is 4.79 Å². The van der Waals surface area contributed by atoms with E-state index in [-0.39, 0.29) is 11.8 Å². The molecule has 2 N–H and O–H groups in total. The van der Waals surface area contributed by atoms with Crippen molar-refractivity contribution >= 4 is 61.5 Å². The number of nitrogens with zero attached hydrogens (tertiary/aromatic N) is 1. The first-order chi connectivity index (χ1) is 11.2. The predicted octanol–water partition coefficient (Wildman–Crippen LogP) is 4.51. The molecule has 0 unspecified atom stereocenters. The first-order valence-corrected chi connectivity index (χ1v) is 9.57. The van der Waals surface area contributed by atoms with E-state index in [1.54, 1.807) is 18.4 Å². The van der Waals surface area contributed by atoms with Gasteiger partial charge in [-0.1, -0.05) is 44.8 Å². The van der Waals surface area contributed by atoms with Gasteiger partial charge in [-0.05, 0) is 12.1 Å². The van der Waals surface area contributed by atoms with Crippen LogP contribution < -0.4 is 10.1 Å². The van der Waals surface area contributed by atoms with Gasteiger partial charge in [0.05, 0.1) is 23.2 Å². The van der Waals surface area contributed by atoms with Gasteiger partial charge in [0.1, 0.15) is 21.3 Å². The summed E-state index contributed by atoms with van der Waals surface area (Å²) >= 11 is 8.27. The number of thioether (sulfide) groups is 1. The molecule has 0 aliphatic carbocycles. The van der Waals surface area contributed by atoms with Crippen molar-refractivity contribution in [3.05, 3.63) is 17.1 Å². The number of methoxy groups -OCH3 is 1. The summed E-state index contributed by atoms with van der Waals surface area (Å²) in [5, 5.41) is 12.9. The third kappa shape index (κ3) is 4.58. The highest BCUT2D eigenvalue weighted by atomic mass is 32.2. The lowest BCUT2D eigenvalue weighted by Gasteiger charge is -2.14. The smallest absolute Gasteiger partial charge is 0.304 e. The summed E-state index contributed by atoms with van der Waals surface area (Å²) in [5.41, 5.74) is 1.52. The summed E-state index contributed by atoms with van der Waals surface area (Å²) in [7, 11) is 1.60. The average molecular weight is 385 g/mol. The first kappa shape index (κ1) is 19.0. The molecule has 24 heavy (non-hydrogen) atoms. The zero-order valence-corrected chi connectivity index (χ0v) is 16.5. The number of nitrogens with one attached hydrogen (secondary N) is 1. The second-order valence-corrected chi connectivity index (χ2v) is 8.97. The molecule has 8 heteroatoms. The lowest BCUT2D eigenvalue weighted by atomic mass is 9.98. The van der Waals surface area contributed by atoms with Crippen LogP contribution in [0.5, 0.6) is 5.75 Å². The van der Waals surface area contributed by atoms with Crippen LogP contribution in [0.3, 0.4) is 0 Å². The van der Waals surface area contributed by atoms with Gasteiger partial charge < -0.3 is 15.2 Å². The van der Waals surface area contributed by atoms with Crippen LogP contribution in [0, 0.1) is 0 Å². The molecule has 1 aromatic carbocycles. The van der Waals surface area contributed by atoms with E-state index in [2.05, 4.69) is 26.1 Å². The fourth-order valence-corrected chi connectivity index (χ4v) is 3.98. The minimum Gasteiger partial charge on any atom is -0.494 e. The summed E-state index contributed by atoms with van der Waals surface area (Å²) in [6.45, 7) is 6.38. The van der Waals surface area contributed by atoms with E-state index in [4.69, 9.17) is 27.0 Å². The molecule has 0 aliphatic rings. The Labute approximate surface area is 154 Å². The minimum atomic E-state index is -0.834. The summed E-state index contributed by atoms with van der Waals surface area (Å²) in [6.07, 6.45) is 0.0682. The Morgan fingerprint density at radius 3 is 2.75 bits per heavy atom. The van der Waals surface area contributed by atoms with Crippen molar-refractivity contribution in [3.8, 4) is 5.75 Å². The molecule has 0 saturated carbocycles. The molecule has 5 nitrogen and oxygen atoms in total. The van der Waals surface area contributed by atoms with Crippen LogP contribution in [0.25, 0.3) is 10.2 Å². The van der Waals surface area contributed by atoms with Crippen molar-refractivity contribution in [1.82, 2.24) is 4.98 Å². The molecule has 2 rings (SSSR count). The number of aliphatic carboxylic acids is 1. The van der Waals surface area contributed by atoms with Gasteiger partial charge >= 0.3 is 5.97 Å². The summed E-state index contributed by atoms with van der Waals surface area (Å²) in [4.78, 5) is 15.4. The number of thiazole rings is 1. The number of carboxylic acids is 1. The van der Waals surface area contributed by atoms with E-state index in [0.29, 0.717) is 15.8 Å². The quantitative estimate of drug-likeness (QED) is 0.735. The van der Waals surface area contributed by atoms with Crippen molar-refractivity contribution in [1.29, 1.82) is 0 Å². The molecule has 0 saturated heterocycles. The molecule has 1 heterocycles. The number of ether oxygens (including phenoxy) is 1. The largest absolute Gasteiger partial charge is 0.494 e. The van der Waals surface area contributed by atoms with Gasteiger partial charge in [-0.25, -0.2) is 4.98 Å². The molecule has 0 atom stereocenters. The average Bonchev–Trinajstić information content (AvgIpc) is 2.91. The van der Waals surface area contributed by atoms with Gasteiger partial charge in [0, 0.05) is 11.2 Å². The number of aromatic nitrogens is 1. The van der Waals surface area contributed by atoms with E-state index >= 15 is 0 Å². The molecule has 130 valence electrons. The Balaban J connectivity index is 2.31. The van der Waals surface area contributed by atoms with Gasteiger partial charge in [0.25, 0.3) is 0 Å². The van der Waals surface area contributed by atoms with Crippen molar-refractivity contribution < 1.29 is 14.6 Å². The Morgan fingerprint density at radius 1 is 1.46 bits per heavy atom. The minimum absolute atomic E-state index is 0.0368. The number of rotatable bonds is 5. The lowest BCUT2D eigenvalue weighted by molar-refractivity contribution is -0.136. The first-order valence-electron chi connectivity index (χ1n) is 7.36. The number of hydrogen-bond donors (Lipinski definition) is 2. The molecule has 0 amide bonds. The molecule has 2 aromatic rings. The maximum Gasteiger partial charge on any atom is 0.304 e. The summed E-state index contributed by atoms with van der Waals surface area (Å²) in [5.74, 6) is 0.248. The number of hydrogen-bond acceptors (Lipinski definition) is 6. The van der Waals surface area contributed by atoms with E-state index in [1.165, 1.54) is 11.8 Å². The zero-order valence-electron chi connectivity index (χ0n) is 14.0. The number of fused-ring (bicyclic) bond motifs is 1. The topological polar surface area (TPSA) is 71.5 Å². The number of benzene rings is 1. The monoisotopic (exact) mass is 384 g/mol. The highest BCUT2D eigenvalue weighted by Gasteiger charge is 2.21. The van der Waals surface area contributed by atoms with Crippen LogP contribution in [-0.2, 0) is 10.2 Å². The van der Waals surface area contributed by atoms with Gasteiger partial charge in [0.15, 0.2) is 0 Å². The fourth-order valence-electron chi connectivity index (χ4n) is 1.96. The standard InChI is InChI=1S/C16H20N2O3S3/c1-16(2,3)14-17-13-10(24-14)6-5-9(21-4)12(13)18-15(22)23-8-7-11(19)20/h5-6H,7-8H2,1-4H3,(H,18,22)(H,19,20). The predicted molar refractivity (Wildman–Crippen MR) is 106 cm³/mol. The van der Waals surface area contributed by atoms with Crippen molar-refractivity contribution in [2.45, 2.75) is 32.6 Å². The molecule has 0 aliphatic heterocycles. The third-order valence-electron chi connectivity index (χ3n) is 3.16. The Bertz CT molecular complexity index is 766. The van der Waals surface area contributed by atoms with Crippen LogP contribution in [0.2, 0.25) is 0 Å². The molecular formula is C16H20N2O3S3. The maximum atomic E-state index is 10.6. The second-order valence-electron chi connectivity index (χ2n) is 6.16. The van der Waals surface area contributed by atoms with Crippen LogP contribution in [0.1, 0.15) is 32.2 Å². The molecule has 0 radical (unpaired) electrons. The number of carbonyl (C=O) groups is 1. The Morgan fingerprint density at radius 2 is 2.17 bits per heavy atom. The van der Waals surface area contributed by atoms with Crippen molar-refractivity contribution in [2.24, 2.45) is 0 Å². The van der Waals surface area contributed by atoms with E-state index in [1.807, 2.05) is 12.1 Å². The van der Waals surface area contributed by atoms with Crippen molar-refractivity contribution in [2.75, 3.05) is 18.2 Å². The maximum absolute atomic E-state index is 10.6. The number of carboxylic acid groups (broad SMARTS) is 1. The highest BCUT2D eigenvalue weighted by Crippen LogP contribution is 2.39. The van der Waals surface area contributed by atoms with E-state index < -0.39 is 5.97 Å². The molecule has 1 aromatic heterocycles. The molecule has 0 spiro atoms. The summed E-state index contributed by atoms with van der Waals surface area (Å²) in [6, 6.07) is 3.88. The zero-order chi connectivity index (χ0) is 17.9. The second kappa shape index (κ2) is 7.67. The van der Waals surface area contributed by atoms with E-state index in [0.717, 1.165) is 20.9 Å². The summed E-state index contributed by atoms with van der Waals surface area (Å²) < 4.78 is 6.99. The van der Waals surface area contributed by atoms with Gasteiger partial charge in [-0.2, -0.15) is 0 Å². The Hall–Kier alpha value is -1.38. The molecule has 0 bridgehead atoms. The number of anilines is 1. The van der Waals surface area contributed by atoms with Crippen LogP contribution in [-0.4, -0.2) is 33.2 Å². The molecular weight excluding hydrogens is 364 g/mol. The molecule has 0 fully saturated rings. The SMILES string of the molecule is COc1ccc2sc(C(C)(C)C)nc2c1NC(=S)SCCC(=O)O. The van der Waals surface area contributed by atoms with Crippen molar-refractivity contribution in [3.63, 3.8) is 0 Å². The van der Waals surface area contributed by atoms with Gasteiger partial charge in [-0.3, -0.25) is 4.79 Å². The highest BCUT2D eigenvalue weighted by molar-refractivity contribution is 8.23. The fraction of sp³-hybridized carbons (Fsp3) is 0.438. The van der Waals surface area contributed by atoms with Crippen LogP contribution in [0.15, 0.2) is 12.1 Å². The number of thiocarbonyl (C=S) groups is 1. The Kier molecular flexibility index (Phi) is 6.06.